The van der Waals surface area contributed by atoms with Gasteiger partial charge in [0.2, 0.25) is 0 Å². The zero-order valence-corrected chi connectivity index (χ0v) is 8.72. The second-order valence-corrected chi connectivity index (χ2v) is 3.61. The molecule has 0 saturated carbocycles. The summed E-state index contributed by atoms with van der Waals surface area (Å²) in [7, 11) is 1.68. The van der Waals surface area contributed by atoms with Gasteiger partial charge in [-0.05, 0) is 17.5 Å². The number of nitrogens with two attached hydrogens (primary N) is 1. The number of nitrogens with one attached hydrogen (secondary N) is 1. The maximum Gasteiger partial charge on any atom is 0.156 e. The molecule has 1 aromatic rings. The van der Waals surface area contributed by atoms with E-state index in [4.69, 9.17) is 5.84 Å². The Kier molecular flexibility index (Phi) is 3.32. The summed E-state index contributed by atoms with van der Waals surface area (Å²) in [5.74, 6) is 6.28. The van der Waals surface area contributed by atoms with Crippen LogP contribution in [0.25, 0.3) is 0 Å². The zero-order chi connectivity index (χ0) is 9.84. The average Bonchev–Trinajstić information content (AvgIpc) is 2.55. The van der Waals surface area contributed by atoms with Gasteiger partial charge in [-0.15, -0.1) is 5.10 Å². The standard InChI is InChI=1S/C7H13N5S/c1-4(2)5-6(13-12-11-5)7(9-3)10-8/h4H,8H2,1-3H3,(H,9,10). The molecule has 1 rings (SSSR count). The fourth-order valence-electron chi connectivity index (χ4n) is 0.971. The largest absolute Gasteiger partial charge is 0.307 e. The molecule has 0 aliphatic heterocycles. The molecule has 3 N–H and O–H groups in total. The molecule has 0 unspecified atom stereocenters. The maximum atomic E-state index is 5.31. The average molecular weight is 199 g/mol. The summed E-state index contributed by atoms with van der Waals surface area (Å²) in [4.78, 5) is 4.92. The molecule has 0 atom stereocenters. The Morgan fingerprint density at radius 2 is 2.31 bits per heavy atom. The molecular formula is C7H13N5S. The van der Waals surface area contributed by atoms with Gasteiger partial charge in [0.25, 0.3) is 0 Å². The molecule has 1 aromatic heterocycles. The second kappa shape index (κ2) is 4.29. The lowest BCUT2D eigenvalue weighted by molar-refractivity contribution is 0.808. The van der Waals surface area contributed by atoms with Gasteiger partial charge in [0.05, 0.1) is 5.69 Å². The van der Waals surface area contributed by atoms with E-state index in [-0.39, 0.29) is 0 Å². The fourth-order valence-corrected chi connectivity index (χ4v) is 1.79. The lowest BCUT2D eigenvalue weighted by atomic mass is 10.1. The molecule has 0 saturated heterocycles. The summed E-state index contributed by atoms with van der Waals surface area (Å²) in [6, 6.07) is 0. The predicted molar refractivity (Wildman–Crippen MR) is 53.8 cm³/mol. The summed E-state index contributed by atoms with van der Waals surface area (Å²) in [5, 5.41) is 4.02. The molecule has 13 heavy (non-hydrogen) atoms. The first kappa shape index (κ1) is 10.1. The van der Waals surface area contributed by atoms with Gasteiger partial charge in [-0.25, -0.2) is 5.84 Å². The van der Waals surface area contributed by atoms with Crippen LogP contribution < -0.4 is 11.3 Å². The van der Waals surface area contributed by atoms with E-state index in [9.17, 15) is 0 Å². The van der Waals surface area contributed by atoms with Crippen molar-refractivity contribution in [2.75, 3.05) is 7.05 Å². The van der Waals surface area contributed by atoms with E-state index >= 15 is 0 Å². The van der Waals surface area contributed by atoms with Crippen LogP contribution in [0.3, 0.4) is 0 Å². The number of hydrazine groups is 1. The molecule has 0 amide bonds. The van der Waals surface area contributed by atoms with Crippen LogP contribution in [0.1, 0.15) is 30.3 Å². The fraction of sp³-hybridized carbons (Fsp3) is 0.571. The van der Waals surface area contributed by atoms with Crippen molar-refractivity contribution >= 4 is 17.4 Å². The third-order valence-electron chi connectivity index (χ3n) is 1.64. The minimum Gasteiger partial charge on any atom is -0.307 e. The Bertz CT molecular complexity index is 304. The van der Waals surface area contributed by atoms with Crippen molar-refractivity contribution in [1.29, 1.82) is 0 Å². The van der Waals surface area contributed by atoms with Crippen molar-refractivity contribution < 1.29 is 0 Å². The molecule has 0 spiro atoms. The SMILES string of the molecule is CN=C(NN)c1snnc1C(C)C. The first-order valence-electron chi connectivity index (χ1n) is 3.96. The predicted octanol–water partition coefficient (Wildman–Crippen LogP) is 0.501. The monoisotopic (exact) mass is 199 g/mol. The topological polar surface area (TPSA) is 76.2 Å². The maximum absolute atomic E-state index is 5.31. The Morgan fingerprint density at radius 1 is 1.62 bits per heavy atom. The van der Waals surface area contributed by atoms with E-state index in [1.807, 2.05) is 0 Å². The molecule has 5 nitrogen and oxygen atoms in total. The van der Waals surface area contributed by atoms with Gasteiger partial charge in [-0.2, -0.15) is 0 Å². The molecular weight excluding hydrogens is 186 g/mol. The van der Waals surface area contributed by atoms with Crippen molar-refractivity contribution in [3.63, 3.8) is 0 Å². The normalized spacial score (nSPS) is 12.2. The van der Waals surface area contributed by atoms with Gasteiger partial charge in [-0.1, -0.05) is 18.3 Å². The van der Waals surface area contributed by atoms with Crippen LogP contribution in [0.15, 0.2) is 4.99 Å². The van der Waals surface area contributed by atoms with Crippen molar-refractivity contribution in [2.24, 2.45) is 10.8 Å². The van der Waals surface area contributed by atoms with Gasteiger partial charge in [0.15, 0.2) is 5.84 Å². The van der Waals surface area contributed by atoms with Crippen LogP contribution in [0, 0.1) is 0 Å². The van der Waals surface area contributed by atoms with E-state index in [2.05, 4.69) is 33.9 Å². The van der Waals surface area contributed by atoms with E-state index in [1.54, 1.807) is 7.05 Å². The van der Waals surface area contributed by atoms with Gasteiger partial charge in [0, 0.05) is 7.05 Å². The van der Waals surface area contributed by atoms with Crippen LogP contribution in [-0.4, -0.2) is 22.5 Å². The van der Waals surface area contributed by atoms with Gasteiger partial charge in [-0.3, -0.25) is 4.99 Å². The minimum atomic E-state index is 0.332. The third-order valence-corrected chi connectivity index (χ3v) is 2.38. The van der Waals surface area contributed by atoms with Crippen LogP contribution in [0.5, 0.6) is 0 Å². The number of amidine groups is 1. The van der Waals surface area contributed by atoms with Crippen LogP contribution in [0.4, 0.5) is 0 Å². The highest BCUT2D eigenvalue weighted by Gasteiger charge is 2.15. The Balaban J connectivity index is 3.06. The molecule has 1 heterocycles. The van der Waals surface area contributed by atoms with Crippen LogP contribution in [-0.2, 0) is 0 Å². The molecule has 0 aliphatic rings. The Morgan fingerprint density at radius 3 is 2.77 bits per heavy atom. The first-order valence-corrected chi connectivity index (χ1v) is 4.74. The molecule has 0 fully saturated rings. The molecule has 0 bridgehead atoms. The van der Waals surface area contributed by atoms with Crippen molar-refractivity contribution in [3.05, 3.63) is 10.6 Å². The van der Waals surface area contributed by atoms with Gasteiger partial charge in [0.1, 0.15) is 4.88 Å². The van der Waals surface area contributed by atoms with Gasteiger partial charge >= 0.3 is 0 Å². The highest BCUT2D eigenvalue weighted by atomic mass is 32.1. The summed E-state index contributed by atoms with van der Waals surface area (Å²) in [6.07, 6.45) is 0. The van der Waals surface area contributed by atoms with Gasteiger partial charge < -0.3 is 5.43 Å². The highest BCUT2D eigenvalue weighted by molar-refractivity contribution is 7.08. The van der Waals surface area contributed by atoms with Crippen LogP contribution >= 0.6 is 11.5 Å². The summed E-state index contributed by atoms with van der Waals surface area (Å²) in [5.41, 5.74) is 3.46. The van der Waals surface area contributed by atoms with Crippen molar-refractivity contribution in [2.45, 2.75) is 19.8 Å². The zero-order valence-electron chi connectivity index (χ0n) is 7.90. The number of hydrogen-bond acceptors (Lipinski definition) is 5. The smallest absolute Gasteiger partial charge is 0.156 e. The summed E-state index contributed by atoms with van der Waals surface area (Å²) < 4.78 is 3.88. The first-order chi connectivity index (χ1) is 6.20. The lowest BCUT2D eigenvalue weighted by Crippen LogP contribution is -2.31. The van der Waals surface area contributed by atoms with Crippen molar-refractivity contribution in [1.82, 2.24) is 15.0 Å². The van der Waals surface area contributed by atoms with E-state index in [1.165, 1.54) is 11.5 Å². The quantitative estimate of drug-likeness (QED) is 0.315. The molecule has 0 aliphatic carbocycles. The molecule has 0 aromatic carbocycles. The number of aromatic nitrogens is 2. The number of rotatable bonds is 2. The van der Waals surface area contributed by atoms with E-state index in [0.29, 0.717) is 11.8 Å². The number of hydrogen-bond donors (Lipinski definition) is 2. The second-order valence-electron chi connectivity index (χ2n) is 2.86. The highest BCUT2D eigenvalue weighted by Crippen LogP contribution is 2.19. The minimum absolute atomic E-state index is 0.332. The molecule has 0 radical (unpaired) electrons. The Labute approximate surface area is 81.2 Å². The molecule has 72 valence electrons. The Hall–Kier alpha value is -1.01. The summed E-state index contributed by atoms with van der Waals surface area (Å²) in [6.45, 7) is 4.12. The van der Waals surface area contributed by atoms with E-state index in [0.717, 1.165) is 10.6 Å². The number of aliphatic imine (C=N–C) groups is 1. The van der Waals surface area contributed by atoms with E-state index < -0.39 is 0 Å². The van der Waals surface area contributed by atoms with Crippen molar-refractivity contribution in [3.8, 4) is 0 Å². The molecule has 6 heteroatoms. The lowest BCUT2D eigenvalue weighted by Gasteiger charge is -2.05. The number of nitrogens with zero attached hydrogens (tertiary/aromatic N) is 3. The third kappa shape index (κ3) is 2.02. The van der Waals surface area contributed by atoms with Crippen LogP contribution in [0.2, 0.25) is 0 Å². The summed E-state index contributed by atoms with van der Waals surface area (Å²) >= 11 is 1.30.